The Kier molecular flexibility index (Phi) is 4.77. The van der Waals surface area contributed by atoms with Gasteiger partial charge in [-0.25, -0.2) is 8.42 Å². The molecule has 0 atom stereocenters. The van der Waals surface area contributed by atoms with Crippen LogP contribution in [0, 0.1) is 0 Å². The second-order valence-electron chi connectivity index (χ2n) is 4.86. The molecule has 1 fully saturated rings. The highest BCUT2D eigenvalue weighted by Crippen LogP contribution is 2.20. The third-order valence-corrected chi connectivity index (χ3v) is 5.37. The number of methoxy groups -OCH3 is 1. The predicted octanol–water partition coefficient (Wildman–Crippen LogP) is 1.58. The molecule has 1 heterocycles. The number of ether oxygens (including phenoxy) is 1. The van der Waals surface area contributed by atoms with Gasteiger partial charge in [0.15, 0.2) is 0 Å². The molecule has 1 aromatic carbocycles. The first-order valence-corrected chi connectivity index (χ1v) is 8.14. The first kappa shape index (κ1) is 15.0. The van der Waals surface area contributed by atoms with Crippen LogP contribution in [0.2, 0.25) is 0 Å². The van der Waals surface area contributed by atoms with Gasteiger partial charge in [-0.1, -0.05) is 18.6 Å². The molecule has 1 aliphatic heterocycles. The lowest BCUT2D eigenvalue weighted by Crippen LogP contribution is -2.35. The van der Waals surface area contributed by atoms with E-state index < -0.39 is 10.0 Å². The molecular formula is C14H19NO4S. The molecule has 1 aromatic rings. The molecule has 5 nitrogen and oxygen atoms in total. The molecule has 0 radical (unpaired) electrons. The third-order valence-electron chi connectivity index (χ3n) is 3.45. The summed E-state index contributed by atoms with van der Waals surface area (Å²) in [4.78, 5) is 11.4. The van der Waals surface area contributed by atoms with Gasteiger partial charge in [0.2, 0.25) is 10.0 Å². The molecule has 20 heavy (non-hydrogen) atoms. The number of carbonyl (C=O) groups excluding carboxylic acids is 1. The average molecular weight is 297 g/mol. The fourth-order valence-corrected chi connectivity index (χ4v) is 3.79. The second kappa shape index (κ2) is 6.37. The molecule has 110 valence electrons. The van der Waals surface area contributed by atoms with Crippen LogP contribution in [0.25, 0.3) is 0 Å². The monoisotopic (exact) mass is 297 g/mol. The normalized spacial score (nSPS) is 16.9. The van der Waals surface area contributed by atoms with E-state index in [1.807, 2.05) is 0 Å². The number of hydrogen-bond donors (Lipinski definition) is 0. The van der Waals surface area contributed by atoms with E-state index in [0.29, 0.717) is 13.1 Å². The molecule has 0 aromatic heterocycles. The van der Waals surface area contributed by atoms with Gasteiger partial charge in [-0.05, 0) is 30.5 Å². The van der Waals surface area contributed by atoms with E-state index in [9.17, 15) is 13.2 Å². The minimum atomic E-state index is -3.40. The number of carbonyl (C=O) groups is 1. The van der Waals surface area contributed by atoms with E-state index in [2.05, 4.69) is 4.74 Å². The smallest absolute Gasteiger partial charge is 0.309 e. The SMILES string of the molecule is COC(=O)Cc1ccc(S(=O)(=O)N2CCCCC2)cc1. The van der Waals surface area contributed by atoms with Crippen LogP contribution in [0.3, 0.4) is 0 Å². The van der Waals surface area contributed by atoms with Gasteiger partial charge in [-0.15, -0.1) is 0 Å². The molecule has 2 rings (SSSR count). The number of esters is 1. The van der Waals surface area contributed by atoms with Crippen molar-refractivity contribution in [2.75, 3.05) is 20.2 Å². The molecule has 0 saturated carbocycles. The van der Waals surface area contributed by atoms with Crippen LogP contribution in [-0.4, -0.2) is 38.9 Å². The molecule has 6 heteroatoms. The Bertz CT molecular complexity index is 559. The zero-order valence-electron chi connectivity index (χ0n) is 11.5. The summed E-state index contributed by atoms with van der Waals surface area (Å²) in [7, 11) is -2.06. The first-order chi connectivity index (χ1) is 9.54. The average Bonchev–Trinajstić information content (AvgIpc) is 2.48. The van der Waals surface area contributed by atoms with Gasteiger partial charge >= 0.3 is 5.97 Å². The van der Waals surface area contributed by atoms with Crippen molar-refractivity contribution in [2.24, 2.45) is 0 Å². The lowest BCUT2D eigenvalue weighted by molar-refractivity contribution is -0.139. The Morgan fingerprint density at radius 2 is 1.75 bits per heavy atom. The summed E-state index contributed by atoms with van der Waals surface area (Å²) < 4.78 is 30.9. The van der Waals surface area contributed by atoms with Crippen molar-refractivity contribution in [2.45, 2.75) is 30.6 Å². The Labute approximate surface area is 119 Å². The van der Waals surface area contributed by atoms with Crippen LogP contribution in [0.5, 0.6) is 0 Å². The first-order valence-electron chi connectivity index (χ1n) is 6.70. The third kappa shape index (κ3) is 3.37. The van der Waals surface area contributed by atoms with Gasteiger partial charge in [0.25, 0.3) is 0 Å². The van der Waals surface area contributed by atoms with Crippen molar-refractivity contribution >= 4 is 16.0 Å². The molecule has 1 aliphatic rings. The van der Waals surface area contributed by atoms with E-state index >= 15 is 0 Å². The molecule has 0 spiro atoms. The van der Waals surface area contributed by atoms with Gasteiger partial charge in [0, 0.05) is 13.1 Å². The zero-order valence-corrected chi connectivity index (χ0v) is 12.4. The van der Waals surface area contributed by atoms with Crippen molar-refractivity contribution < 1.29 is 17.9 Å². The standard InChI is InChI=1S/C14H19NO4S/c1-19-14(16)11-12-5-7-13(8-6-12)20(17,18)15-9-3-2-4-10-15/h5-8H,2-4,9-11H2,1H3. The lowest BCUT2D eigenvalue weighted by Gasteiger charge is -2.25. The minimum absolute atomic E-state index is 0.153. The molecule has 0 bridgehead atoms. The van der Waals surface area contributed by atoms with Crippen LogP contribution >= 0.6 is 0 Å². The summed E-state index contributed by atoms with van der Waals surface area (Å²) in [5.41, 5.74) is 0.745. The highest BCUT2D eigenvalue weighted by molar-refractivity contribution is 7.89. The zero-order chi connectivity index (χ0) is 14.6. The lowest BCUT2D eigenvalue weighted by atomic mass is 10.2. The van der Waals surface area contributed by atoms with Crippen LogP contribution in [-0.2, 0) is 26.0 Å². The quantitative estimate of drug-likeness (QED) is 0.792. The van der Waals surface area contributed by atoms with Gasteiger partial charge in [0.1, 0.15) is 0 Å². The Balaban J connectivity index is 2.14. The van der Waals surface area contributed by atoms with Crippen molar-refractivity contribution in [3.05, 3.63) is 29.8 Å². The summed E-state index contributed by atoms with van der Waals surface area (Å²) in [5.74, 6) is -0.336. The number of sulfonamides is 1. The van der Waals surface area contributed by atoms with Gasteiger partial charge in [-0.3, -0.25) is 4.79 Å². The molecule has 0 aliphatic carbocycles. The number of rotatable bonds is 4. The van der Waals surface area contributed by atoms with E-state index in [1.165, 1.54) is 11.4 Å². The maximum Gasteiger partial charge on any atom is 0.309 e. The fraction of sp³-hybridized carbons (Fsp3) is 0.500. The summed E-state index contributed by atoms with van der Waals surface area (Å²) in [6.07, 6.45) is 3.07. The largest absolute Gasteiger partial charge is 0.469 e. The molecule has 0 N–H and O–H groups in total. The number of benzene rings is 1. The van der Waals surface area contributed by atoms with E-state index in [4.69, 9.17) is 0 Å². The van der Waals surface area contributed by atoms with Gasteiger partial charge in [-0.2, -0.15) is 4.31 Å². The number of nitrogens with zero attached hydrogens (tertiary/aromatic N) is 1. The summed E-state index contributed by atoms with van der Waals surface area (Å²) in [5, 5.41) is 0. The highest BCUT2D eigenvalue weighted by Gasteiger charge is 2.25. The molecule has 1 saturated heterocycles. The van der Waals surface area contributed by atoms with Gasteiger partial charge < -0.3 is 4.74 Å². The maximum atomic E-state index is 12.4. The van der Waals surface area contributed by atoms with Crippen molar-refractivity contribution in [1.82, 2.24) is 4.31 Å². The number of piperidine rings is 1. The second-order valence-corrected chi connectivity index (χ2v) is 6.80. The Morgan fingerprint density at radius 1 is 1.15 bits per heavy atom. The minimum Gasteiger partial charge on any atom is -0.469 e. The topological polar surface area (TPSA) is 63.7 Å². The van der Waals surface area contributed by atoms with Crippen molar-refractivity contribution in [3.8, 4) is 0 Å². The van der Waals surface area contributed by atoms with Crippen molar-refractivity contribution in [1.29, 1.82) is 0 Å². The predicted molar refractivity (Wildman–Crippen MR) is 74.8 cm³/mol. The van der Waals surface area contributed by atoms with E-state index in [0.717, 1.165) is 24.8 Å². The fourth-order valence-electron chi connectivity index (χ4n) is 2.27. The number of hydrogen-bond acceptors (Lipinski definition) is 4. The Hall–Kier alpha value is -1.40. The van der Waals surface area contributed by atoms with Crippen LogP contribution in [0.1, 0.15) is 24.8 Å². The summed E-state index contributed by atoms with van der Waals surface area (Å²) in [6, 6.07) is 6.44. The van der Waals surface area contributed by atoms with Crippen molar-refractivity contribution in [3.63, 3.8) is 0 Å². The van der Waals surface area contributed by atoms with E-state index in [-0.39, 0.29) is 17.3 Å². The summed E-state index contributed by atoms with van der Waals surface area (Å²) in [6.45, 7) is 1.18. The van der Waals surface area contributed by atoms with Gasteiger partial charge in [0.05, 0.1) is 18.4 Å². The summed E-state index contributed by atoms with van der Waals surface area (Å²) >= 11 is 0. The Morgan fingerprint density at radius 3 is 2.30 bits per heavy atom. The maximum absolute atomic E-state index is 12.4. The van der Waals surface area contributed by atoms with Crippen LogP contribution in [0.15, 0.2) is 29.2 Å². The van der Waals surface area contributed by atoms with E-state index in [1.54, 1.807) is 24.3 Å². The van der Waals surface area contributed by atoms with Crippen LogP contribution < -0.4 is 0 Å². The molecule has 0 amide bonds. The highest BCUT2D eigenvalue weighted by atomic mass is 32.2. The molecular weight excluding hydrogens is 278 g/mol. The van der Waals surface area contributed by atoms with Crippen LogP contribution in [0.4, 0.5) is 0 Å². The molecule has 0 unspecified atom stereocenters.